The van der Waals surface area contributed by atoms with Crippen molar-refractivity contribution < 1.29 is 9.85 Å². The molecule has 0 aliphatic rings. The minimum atomic E-state index is -0.867. The van der Waals surface area contributed by atoms with Crippen LogP contribution in [0, 0.1) is 20.2 Å². The van der Waals surface area contributed by atoms with Crippen molar-refractivity contribution in [3.05, 3.63) is 31.3 Å². The van der Waals surface area contributed by atoms with Crippen molar-refractivity contribution in [1.29, 1.82) is 0 Å². The number of hydrogen-bond acceptors (Lipinski definition) is 6. The lowest BCUT2D eigenvalue weighted by Crippen LogP contribution is -2.03. The van der Waals surface area contributed by atoms with Crippen molar-refractivity contribution in [2.45, 2.75) is 0 Å². The molecule has 15 heavy (non-hydrogen) atoms. The van der Waals surface area contributed by atoms with E-state index in [0.717, 1.165) is 0 Å². The standard InChI is InChI=1S/C6H5ClN4O4/c7-4-5(8)2(10(12)13)1-3(6(4)9)11(14)15/h1H,8-9H2. The molecule has 1 rings (SSSR count). The molecule has 0 atom stereocenters. The molecule has 0 amide bonds. The average Bonchev–Trinajstić information content (AvgIpc) is 2.13. The van der Waals surface area contributed by atoms with Gasteiger partial charge < -0.3 is 11.5 Å². The Morgan fingerprint density at radius 1 is 1.07 bits per heavy atom. The molecule has 0 fully saturated rings. The van der Waals surface area contributed by atoms with Crippen LogP contribution in [0.5, 0.6) is 0 Å². The van der Waals surface area contributed by atoms with E-state index in [1.807, 2.05) is 0 Å². The SMILES string of the molecule is Nc1c([N+](=O)[O-])cc([N+](=O)[O-])c(N)c1Cl. The summed E-state index contributed by atoms with van der Waals surface area (Å²) in [7, 11) is 0. The topological polar surface area (TPSA) is 138 Å². The molecule has 0 heterocycles. The number of nitro benzene ring substituents is 2. The summed E-state index contributed by atoms with van der Waals surface area (Å²) >= 11 is 5.52. The van der Waals surface area contributed by atoms with Crippen molar-refractivity contribution in [3.8, 4) is 0 Å². The molecule has 80 valence electrons. The molecule has 0 aliphatic carbocycles. The predicted octanol–water partition coefficient (Wildman–Crippen LogP) is 1.32. The third-order valence-electron chi connectivity index (χ3n) is 1.69. The third kappa shape index (κ3) is 1.74. The Balaban J connectivity index is 3.59. The van der Waals surface area contributed by atoms with E-state index in [9.17, 15) is 20.2 Å². The molecule has 9 heteroatoms. The van der Waals surface area contributed by atoms with Gasteiger partial charge in [0.1, 0.15) is 16.4 Å². The van der Waals surface area contributed by atoms with Gasteiger partial charge in [0.15, 0.2) is 0 Å². The van der Waals surface area contributed by atoms with Gasteiger partial charge >= 0.3 is 11.4 Å². The lowest BCUT2D eigenvalue weighted by molar-refractivity contribution is -0.393. The van der Waals surface area contributed by atoms with Crippen molar-refractivity contribution in [1.82, 2.24) is 0 Å². The molecule has 1 aromatic carbocycles. The van der Waals surface area contributed by atoms with Crippen LogP contribution < -0.4 is 11.5 Å². The van der Waals surface area contributed by atoms with Crippen LogP contribution in [0.1, 0.15) is 0 Å². The maximum absolute atomic E-state index is 10.5. The Hall–Kier alpha value is -2.09. The number of hydrogen-bond donors (Lipinski definition) is 2. The van der Waals surface area contributed by atoms with Crippen molar-refractivity contribution in [2.24, 2.45) is 0 Å². The number of nitro groups is 2. The molecule has 1 aromatic rings. The fraction of sp³-hybridized carbons (Fsp3) is 0. The van der Waals surface area contributed by atoms with E-state index in [-0.39, 0.29) is 16.4 Å². The summed E-state index contributed by atoms with van der Waals surface area (Å²) in [4.78, 5) is 19.2. The first-order chi connectivity index (χ1) is 6.86. The highest BCUT2D eigenvalue weighted by Crippen LogP contribution is 2.40. The average molecular weight is 233 g/mol. The minimum Gasteiger partial charge on any atom is -0.392 e. The Morgan fingerprint density at radius 2 is 1.40 bits per heavy atom. The number of nitrogen functional groups attached to an aromatic ring is 2. The van der Waals surface area contributed by atoms with E-state index in [1.165, 1.54) is 0 Å². The molecule has 0 bridgehead atoms. The van der Waals surface area contributed by atoms with Gasteiger partial charge in [-0.15, -0.1) is 0 Å². The first-order valence-electron chi connectivity index (χ1n) is 3.52. The quantitative estimate of drug-likeness (QED) is 0.448. The molecule has 4 N–H and O–H groups in total. The highest BCUT2D eigenvalue weighted by Gasteiger charge is 2.26. The molecule has 0 radical (unpaired) electrons. The van der Waals surface area contributed by atoms with Gasteiger partial charge in [-0.3, -0.25) is 20.2 Å². The minimum absolute atomic E-state index is 0.379. The smallest absolute Gasteiger partial charge is 0.300 e. The van der Waals surface area contributed by atoms with Gasteiger partial charge in [0.2, 0.25) is 0 Å². The molecule has 0 spiro atoms. The molecule has 0 aliphatic heterocycles. The summed E-state index contributed by atoms with van der Waals surface area (Å²) in [5.41, 5.74) is 8.51. The van der Waals surface area contributed by atoms with Crippen LogP contribution in [0.4, 0.5) is 22.7 Å². The highest BCUT2D eigenvalue weighted by atomic mass is 35.5. The van der Waals surface area contributed by atoms with Gasteiger partial charge in [0.25, 0.3) is 0 Å². The summed E-state index contributed by atoms with van der Waals surface area (Å²) in [6.45, 7) is 0. The fourth-order valence-corrected chi connectivity index (χ4v) is 1.15. The van der Waals surface area contributed by atoms with E-state index < -0.39 is 21.2 Å². The van der Waals surface area contributed by atoms with Gasteiger partial charge in [0.05, 0.1) is 15.9 Å². The van der Waals surface area contributed by atoms with E-state index >= 15 is 0 Å². The summed E-state index contributed by atoms with van der Waals surface area (Å²) in [6.07, 6.45) is 0. The zero-order valence-electron chi connectivity index (χ0n) is 7.14. The lowest BCUT2D eigenvalue weighted by Gasteiger charge is -2.03. The normalized spacial score (nSPS) is 9.93. The summed E-state index contributed by atoms with van der Waals surface area (Å²) < 4.78 is 0. The van der Waals surface area contributed by atoms with Crippen LogP contribution in [0.25, 0.3) is 0 Å². The van der Waals surface area contributed by atoms with E-state index in [2.05, 4.69) is 0 Å². The monoisotopic (exact) mass is 232 g/mol. The highest BCUT2D eigenvalue weighted by molar-refractivity contribution is 6.36. The molecule has 0 aromatic heterocycles. The lowest BCUT2D eigenvalue weighted by atomic mass is 10.2. The zero-order valence-corrected chi connectivity index (χ0v) is 7.89. The Kier molecular flexibility index (Phi) is 2.62. The number of nitrogens with two attached hydrogens (primary N) is 2. The first-order valence-corrected chi connectivity index (χ1v) is 3.90. The van der Waals surface area contributed by atoms with Crippen LogP contribution in [-0.4, -0.2) is 9.85 Å². The maximum Gasteiger partial charge on any atom is 0.300 e. The second-order valence-corrected chi connectivity index (χ2v) is 2.95. The molecule has 8 nitrogen and oxygen atoms in total. The molecular weight excluding hydrogens is 228 g/mol. The second kappa shape index (κ2) is 3.58. The second-order valence-electron chi connectivity index (χ2n) is 2.57. The zero-order chi connectivity index (χ0) is 11.7. The number of nitrogens with zero attached hydrogens (tertiary/aromatic N) is 2. The Bertz CT molecular complexity index is 423. The van der Waals surface area contributed by atoms with Gasteiger partial charge in [-0.1, -0.05) is 11.6 Å². The van der Waals surface area contributed by atoms with Crippen LogP contribution >= 0.6 is 11.6 Å². The fourth-order valence-electron chi connectivity index (χ4n) is 0.957. The Labute approximate surface area is 87.7 Å². The molecule has 0 unspecified atom stereocenters. The van der Waals surface area contributed by atoms with Gasteiger partial charge in [0, 0.05) is 0 Å². The van der Waals surface area contributed by atoms with Gasteiger partial charge in [-0.2, -0.15) is 0 Å². The van der Waals surface area contributed by atoms with E-state index in [0.29, 0.717) is 6.07 Å². The summed E-state index contributed by atoms with van der Waals surface area (Å²) in [6, 6.07) is 0.677. The third-order valence-corrected chi connectivity index (χ3v) is 2.10. The van der Waals surface area contributed by atoms with Crippen LogP contribution in [0.3, 0.4) is 0 Å². The van der Waals surface area contributed by atoms with Crippen molar-refractivity contribution >= 4 is 34.4 Å². The molecular formula is C6H5ClN4O4. The van der Waals surface area contributed by atoms with Crippen LogP contribution in [0.15, 0.2) is 6.07 Å². The largest absolute Gasteiger partial charge is 0.392 e. The van der Waals surface area contributed by atoms with Crippen LogP contribution in [0.2, 0.25) is 5.02 Å². The molecule has 0 saturated carbocycles. The van der Waals surface area contributed by atoms with Gasteiger partial charge in [-0.25, -0.2) is 0 Å². The predicted molar refractivity (Wildman–Crippen MR) is 53.6 cm³/mol. The first kappa shape index (κ1) is 11.0. The number of halogens is 1. The van der Waals surface area contributed by atoms with E-state index in [1.54, 1.807) is 0 Å². The summed E-state index contributed by atoms with van der Waals surface area (Å²) in [5, 5.41) is 20.5. The number of rotatable bonds is 2. The molecule has 0 saturated heterocycles. The Morgan fingerprint density at radius 3 is 1.67 bits per heavy atom. The summed E-state index contributed by atoms with van der Waals surface area (Å²) in [5.74, 6) is 0. The van der Waals surface area contributed by atoms with Gasteiger partial charge in [-0.05, 0) is 0 Å². The van der Waals surface area contributed by atoms with Crippen LogP contribution in [-0.2, 0) is 0 Å². The number of anilines is 2. The van der Waals surface area contributed by atoms with Crippen molar-refractivity contribution in [2.75, 3.05) is 11.5 Å². The number of benzene rings is 1. The van der Waals surface area contributed by atoms with Crippen molar-refractivity contribution in [3.63, 3.8) is 0 Å². The van der Waals surface area contributed by atoms with E-state index in [4.69, 9.17) is 23.1 Å². The maximum atomic E-state index is 10.5.